The predicted molar refractivity (Wildman–Crippen MR) is 146 cm³/mol. The molecule has 1 aromatic heterocycles. The molecule has 0 unspecified atom stereocenters. The SMILES string of the molecule is COc1ccc(-c2nc3cc(C(C)C)ccc3o2)cc1NC(=O)/C=C/c1cc(Br)cc(Br)c1OC. The number of nitrogens with zero attached hydrogens (tertiary/aromatic N) is 1. The van der Waals surface area contributed by atoms with Crippen LogP contribution in [0.3, 0.4) is 0 Å². The average molecular weight is 600 g/mol. The molecular weight excluding hydrogens is 576 g/mol. The van der Waals surface area contributed by atoms with E-state index in [-0.39, 0.29) is 5.91 Å². The van der Waals surface area contributed by atoms with Gasteiger partial charge in [-0.15, -0.1) is 0 Å². The van der Waals surface area contributed by atoms with E-state index in [1.54, 1.807) is 32.4 Å². The van der Waals surface area contributed by atoms with Crippen LogP contribution < -0.4 is 14.8 Å². The Hall–Kier alpha value is -3.10. The van der Waals surface area contributed by atoms with Gasteiger partial charge in [-0.3, -0.25) is 4.79 Å². The number of nitrogens with one attached hydrogen (secondary N) is 1. The van der Waals surface area contributed by atoms with Crippen LogP contribution in [0, 0.1) is 0 Å². The standard InChI is InChI=1S/C27H24Br2N2O4/c1-15(2)16-5-9-24-22(12-16)31-27(35-24)18-6-8-23(33-3)21(13-18)30-25(32)10-7-17-11-19(28)14-20(29)26(17)34-4/h5-15H,1-4H3,(H,30,32)/b10-7+. The summed E-state index contributed by atoms with van der Waals surface area (Å²) in [7, 11) is 3.13. The van der Waals surface area contributed by atoms with Gasteiger partial charge >= 0.3 is 0 Å². The first kappa shape index (κ1) is 25.0. The number of ether oxygens (including phenoxy) is 2. The van der Waals surface area contributed by atoms with Gasteiger partial charge in [-0.05, 0) is 76.0 Å². The second-order valence-corrected chi connectivity index (χ2v) is 9.92. The molecule has 0 atom stereocenters. The number of hydrogen-bond donors (Lipinski definition) is 1. The van der Waals surface area contributed by atoms with E-state index in [9.17, 15) is 4.79 Å². The zero-order chi connectivity index (χ0) is 25.1. The third-order valence-electron chi connectivity index (χ3n) is 5.44. The maximum absolute atomic E-state index is 12.8. The van der Waals surface area contributed by atoms with Gasteiger partial charge in [-0.25, -0.2) is 4.98 Å². The summed E-state index contributed by atoms with van der Waals surface area (Å²) >= 11 is 6.93. The third-order valence-corrected chi connectivity index (χ3v) is 6.48. The molecule has 0 spiro atoms. The predicted octanol–water partition coefficient (Wildman–Crippen LogP) is 7.81. The Bertz CT molecular complexity index is 1430. The highest BCUT2D eigenvalue weighted by Crippen LogP contribution is 2.34. The number of carbonyl (C=O) groups excluding carboxylic acids is 1. The van der Waals surface area contributed by atoms with E-state index >= 15 is 0 Å². The quantitative estimate of drug-likeness (QED) is 0.219. The van der Waals surface area contributed by atoms with Crippen LogP contribution >= 0.6 is 31.9 Å². The lowest BCUT2D eigenvalue weighted by Crippen LogP contribution is -2.09. The van der Waals surface area contributed by atoms with Crippen LogP contribution in [-0.2, 0) is 4.79 Å². The number of halogens is 2. The molecule has 4 rings (SSSR count). The van der Waals surface area contributed by atoms with E-state index in [0.717, 1.165) is 25.6 Å². The number of amides is 1. The molecule has 0 saturated heterocycles. The molecule has 0 saturated carbocycles. The Balaban J connectivity index is 1.61. The summed E-state index contributed by atoms with van der Waals surface area (Å²) in [5.74, 6) is 1.70. The topological polar surface area (TPSA) is 73.6 Å². The maximum atomic E-state index is 12.8. The van der Waals surface area contributed by atoms with Crippen molar-refractivity contribution in [3.05, 3.63) is 74.7 Å². The molecule has 1 heterocycles. The fourth-order valence-electron chi connectivity index (χ4n) is 3.63. The summed E-state index contributed by atoms with van der Waals surface area (Å²) in [5, 5.41) is 2.88. The van der Waals surface area contributed by atoms with Crippen LogP contribution in [0.5, 0.6) is 11.5 Å². The molecule has 0 bridgehead atoms. The number of fused-ring (bicyclic) bond motifs is 1. The molecule has 180 valence electrons. The molecule has 0 fully saturated rings. The van der Waals surface area contributed by atoms with Gasteiger partial charge in [-0.1, -0.05) is 35.8 Å². The zero-order valence-electron chi connectivity index (χ0n) is 19.7. The maximum Gasteiger partial charge on any atom is 0.248 e. The molecule has 8 heteroatoms. The van der Waals surface area contributed by atoms with Crippen molar-refractivity contribution in [3.63, 3.8) is 0 Å². The summed E-state index contributed by atoms with van der Waals surface area (Å²) in [6.07, 6.45) is 3.13. The van der Waals surface area contributed by atoms with E-state index < -0.39 is 0 Å². The van der Waals surface area contributed by atoms with Crippen molar-refractivity contribution < 1.29 is 18.7 Å². The van der Waals surface area contributed by atoms with Gasteiger partial charge in [0.25, 0.3) is 0 Å². The number of oxazole rings is 1. The Morgan fingerprint density at radius 2 is 1.86 bits per heavy atom. The van der Waals surface area contributed by atoms with E-state index in [1.807, 2.05) is 36.4 Å². The van der Waals surface area contributed by atoms with Crippen LogP contribution in [0.4, 0.5) is 5.69 Å². The van der Waals surface area contributed by atoms with Crippen molar-refractivity contribution >= 4 is 60.6 Å². The lowest BCUT2D eigenvalue weighted by molar-refractivity contribution is -0.111. The first-order chi connectivity index (χ1) is 16.8. The monoisotopic (exact) mass is 598 g/mol. The minimum Gasteiger partial charge on any atom is -0.495 e. The number of anilines is 1. The Kier molecular flexibility index (Phi) is 7.62. The van der Waals surface area contributed by atoms with Crippen molar-refractivity contribution in [2.75, 3.05) is 19.5 Å². The van der Waals surface area contributed by atoms with Crippen molar-refractivity contribution in [2.45, 2.75) is 19.8 Å². The Morgan fingerprint density at radius 3 is 2.57 bits per heavy atom. The fraction of sp³-hybridized carbons (Fsp3) is 0.185. The Labute approximate surface area is 220 Å². The highest BCUT2D eigenvalue weighted by atomic mass is 79.9. The first-order valence-corrected chi connectivity index (χ1v) is 12.5. The van der Waals surface area contributed by atoms with Gasteiger partial charge in [0.15, 0.2) is 5.58 Å². The molecule has 0 aliphatic rings. The number of aromatic nitrogens is 1. The molecule has 0 radical (unpaired) electrons. The highest BCUT2D eigenvalue weighted by Gasteiger charge is 2.14. The van der Waals surface area contributed by atoms with E-state index in [2.05, 4.69) is 56.0 Å². The average Bonchev–Trinajstić information content (AvgIpc) is 3.26. The number of methoxy groups -OCH3 is 2. The van der Waals surface area contributed by atoms with E-state index in [1.165, 1.54) is 11.6 Å². The van der Waals surface area contributed by atoms with Gasteiger partial charge in [0, 0.05) is 21.7 Å². The molecule has 1 N–H and O–H groups in total. The van der Waals surface area contributed by atoms with Crippen molar-refractivity contribution in [1.29, 1.82) is 0 Å². The number of benzene rings is 3. The van der Waals surface area contributed by atoms with Crippen molar-refractivity contribution in [2.24, 2.45) is 0 Å². The summed E-state index contributed by atoms with van der Waals surface area (Å²) < 4.78 is 18.5. The third kappa shape index (κ3) is 5.60. The molecule has 0 aliphatic carbocycles. The van der Waals surface area contributed by atoms with Crippen LogP contribution in [0.15, 0.2) is 68.0 Å². The minimum absolute atomic E-state index is 0.322. The molecule has 3 aromatic carbocycles. The van der Waals surface area contributed by atoms with Crippen molar-refractivity contribution in [3.8, 4) is 23.0 Å². The van der Waals surface area contributed by atoms with Gasteiger partial charge in [0.05, 0.1) is 24.4 Å². The second kappa shape index (κ2) is 10.7. The Morgan fingerprint density at radius 1 is 1.06 bits per heavy atom. The first-order valence-electron chi connectivity index (χ1n) is 10.9. The second-order valence-electron chi connectivity index (χ2n) is 8.15. The zero-order valence-corrected chi connectivity index (χ0v) is 22.9. The number of carbonyl (C=O) groups is 1. The highest BCUT2D eigenvalue weighted by molar-refractivity contribution is 9.11. The summed E-state index contributed by atoms with van der Waals surface area (Å²) in [5.41, 5.74) is 4.68. The lowest BCUT2D eigenvalue weighted by atomic mass is 10.0. The smallest absolute Gasteiger partial charge is 0.248 e. The van der Waals surface area contributed by atoms with Gasteiger partial charge in [0.2, 0.25) is 11.8 Å². The van der Waals surface area contributed by atoms with Gasteiger partial charge in [0.1, 0.15) is 17.0 Å². The normalized spacial score (nSPS) is 11.4. The lowest BCUT2D eigenvalue weighted by Gasteiger charge is -2.10. The molecular formula is C27H24Br2N2O4. The molecule has 35 heavy (non-hydrogen) atoms. The molecule has 6 nitrogen and oxygen atoms in total. The number of hydrogen-bond acceptors (Lipinski definition) is 5. The van der Waals surface area contributed by atoms with E-state index in [4.69, 9.17) is 13.9 Å². The molecule has 4 aromatic rings. The number of rotatable bonds is 7. The van der Waals surface area contributed by atoms with Crippen molar-refractivity contribution in [1.82, 2.24) is 4.98 Å². The van der Waals surface area contributed by atoms with Crippen LogP contribution in [0.2, 0.25) is 0 Å². The fourth-order valence-corrected chi connectivity index (χ4v) is 5.05. The van der Waals surface area contributed by atoms with Crippen LogP contribution in [0.25, 0.3) is 28.6 Å². The minimum atomic E-state index is -0.322. The summed E-state index contributed by atoms with van der Waals surface area (Å²) in [6.45, 7) is 4.28. The molecule has 1 amide bonds. The van der Waals surface area contributed by atoms with Crippen LogP contribution in [-0.4, -0.2) is 25.1 Å². The molecule has 0 aliphatic heterocycles. The largest absolute Gasteiger partial charge is 0.495 e. The van der Waals surface area contributed by atoms with E-state index in [0.29, 0.717) is 34.6 Å². The van der Waals surface area contributed by atoms with Gasteiger partial charge in [-0.2, -0.15) is 0 Å². The summed E-state index contributed by atoms with van der Waals surface area (Å²) in [6, 6.07) is 15.2. The summed E-state index contributed by atoms with van der Waals surface area (Å²) in [4.78, 5) is 17.4. The van der Waals surface area contributed by atoms with Gasteiger partial charge < -0.3 is 19.2 Å². The van der Waals surface area contributed by atoms with Crippen LogP contribution in [0.1, 0.15) is 30.9 Å².